The number of oxime groups is 1. The van der Waals surface area contributed by atoms with Crippen LogP contribution < -0.4 is 10.5 Å². The van der Waals surface area contributed by atoms with Crippen molar-refractivity contribution in [2.75, 3.05) is 11.0 Å². The highest BCUT2D eigenvalue weighted by molar-refractivity contribution is 7.92. The number of para-hydroxylation sites is 1. The van der Waals surface area contributed by atoms with Gasteiger partial charge in [-0.2, -0.15) is 0 Å². The van der Waals surface area contributed by atoms with Crippen molar-refractivity contribution in [3.63, 3.8) is 0 Å². The standard InChI is InChI=1S/C21H19N5O3S/c1-30(28,29)25-18-8-3-2-7-17(18)14-5-4-6-16(11-14)26-13-23-19-12-15(21(22)24-27)9-10-20(19)26/h2-13,25,27H,1H3,(H2,22,24). The summed E-state index contributed by atoms with van der Waals surface area (Å²) in [7, 11) is -3.41. The number of hydrogen-bond acceptors (Lipinski definition) is 5. The first-order valence-electron chi connectivity index (χ1n) is 8.98. The summed E-state index contributed by atoms with van der Waals surface area (Å²) in [5, 5.41) is 11.9. The molecule has 3 aromatic carbocycles. The normalized spacial score (nSPS) is 12.2. The molecule has 4 aromatic rings. The molecule has 30 heavy (non-hydrogen) atoms. The van der Waals surface area contributed by atoms with Crippen LogP contribution in [-0.2, 0) is 10.0 Å². The van der Waals surface area contributed by atoms with Gasteiger partial charge in [0.15, 0.2) is 5.84 Å². The number of fused-ring (bicyclic) bond motifs is 1. The van der Waals surface area contributed by atoms with Crippen molar-refractivity contribution in [2.45, 2.75) is 0 Å². The number of benzene rings is 3. The monoisotopic (exact) mass is 421 g/mol. The summed E-state index contributed by atoms with van der Waals surface area (Å²) in [6.45, 7) is 0. The second kappa shape index (κ2) is 7.53. The molecule has 1 aromatic heterocycles. The number of aromatic nitrogens is 2. The van der Waals surface area contributed by atoms with Crippen molar-refractivity contribution >= 4 is 32.6 Å². The van der Waals surface area contributed by atoms with Crippen LogP contribution in [0.4, 0.5) is 5.69 Å². The Morgan fingerprint density at radius 2 is 1.90 bits per heavy atom. The summed E-state index contributed by atoms with van der Waals surface area (Å²) in [5.74, 6) is 0.0171. The van der Waals surface area contributed by atoms with Gasteiger partial charge in [0.1, 0.15) is 6.33 Å². The van der Waals surface area contributed by atoms with Crippen molar-refractivity contribution in [3.05, 3.63) is 78.6 Å². The molecule has 0 saturated heterocycles. The fraction of sp³-hybridized carbons (Fsp3) is 0.0476. The summed E-state index contributed by atoms with van der Waals surface area (Å²) >= 11 is 0. The average Bonchev–Trinajstić information content (AvgIpc) is 3.16. The predicted octanol–water partition coefficient (Wildman–Crippen LogP) is 3.16. The van der Waals surface area contributed by atoms with Crippen molar-refractivity contribution in [1.29, 1.82) is 0 Å². The predicted molar refractivity (Wildman–Crippen MR) is 117 cm³/mol. The third kappa shape index (κ3) is 3.83. The minimum atomic E-state index is -3.41. The van der Waals surface area contributed by atoms with E-state index in [2.05, 4.69) is 14.9 Å². The minimum Gasteiger partial charge on any atom is -0.409 e. The molecule has 0 saturated carbocycles. The topological polar surface area (TPSA) is 123 Å². The number of nitrogens with zero attached hydrogens (tertiary/aromatic N) is 3. The quantitative estimate of drug-likeness (QED) is 0.198. The number of nitrogens with one attached hydrogen (secondary N) is 1. The van der Waals surface area contributed by atoms with Gasteiger partial charge in [0.2, 0.25) is 10.0 Å². The van der Waals surface area contributed by atoms with E-state index in [1.807, 2.05) is 47.0 Å². The van der Waals surface area contributed by atoms with Gasteiger partial charge in [-0.25, -0.2) is 13.4 Å². The number of anilines is 1. The Kier molecular flexibility index (Phi) is 4.88. The van der Waals surface area contributed by atoms with Crippen molar-refractivity contribution in [2.24, 2.45) is 10.9 Å². The van der Waals surface area contributed by atoms with E-state index in [1.165, 1.54) is 0 Å². The second-order valence-electron chi connectivity index (χ2n) is 6.77. The van der Waals surface area contributed by atoms with Crippen LogP contribution >= 0.6 is 0 Å². The van der Waals surface area contributed by atoms with Gasteiger partial charge in [0, 0.05) is 16.8 Å². The molecule has 152 valence electrons. The fourth-order valence-electron chi connectivity index (χ4n) is 3.28. The molecular formula is C21H19N5O3S. The van der Waals surface area contributed by atoms with Gasteiger partial charge in [-0.3, -0.25) is 9.29 Å². The zero-order valence-corrected chi connectivity index (χ0v) is 16.8. The summed E-state index contributed by atoms with van der Waals surface area (Å²) < 4.78 is 27.9. The zero-order valence-electron chi connectivity index (χ0n) is 16.0. The summed E-state index contributed by atoms with van der Waals surface area (Å²) in [6.07, 6.45) is 2.82. The van der Waals surface area contributed by atoms with Gasteiger partial charge in [-0.15, -0.1) is 0 Å². The maximum absolute atomic E-state index is 11.7. The molecule has 4 N–H and O–H groups in total. The lowest BCUT2D eigenvalue weighted by Crippen LogP contribution is -2.12. The molecule has 4 rings (SSSR count). The molecule has 9 heteroatoms. The van der Waals surface area contributed by atoms with E-state index in [4.69, 9.17) is 10.9 Å². The van der Waals surface area contributed by atoms with Crippen molar-refractivity contribution in [1.82, 2.24) is 9.55 Å². The van der Waals surface area contributed by atoms with Crippen molar-refractivity contribution < 1.29 is 13.6 Å². The second-order valence-corrected chi connectivity index (χ2v) is 8.52. The molecule has 0 aliphatic heterocycles. The Hall–Kier alpha value is -3.85. The maximum atomic E-state index is 11.7. The maximum Gasteiger partial charge on any atom is 0.229 e. The number of sulfonamides is 1. The van der Waals surface area contributed by atoms with Crippen LogP contribution in [0.1, 0.15) is 5.56 Å². The van der Waals surface area contributed by atoms with E-state index in [9.17, 15) is 8.42 Å². The van der Waals surface area contributed by atoms with E-state index >= 15 is 0 Å². The van der Waals surface area contributed by atoms with Gasteiger partial charge in [0.25, 0.3) is 0 Å². The lowest BCUT2D eigenvalue weighted by molar-refractivity contribution is 0.318. The SMILES string of the molecule is CS(=O)(=O)Nc1ccccc1-c1cccc(-n2cnc3cc(/C(N)=N/O)ccc32)c1. The smallest absolute Gasteiger partial charge is 0.229 e. The van der Waals surface area contributed by atoms with Crippen LogP contribution in [0.2, 0.25) is 0 Å². The van der Waals surface area contributed by atoms with Gasteiger partial charge in [-0.1, -0.05) is 35.5 Å². The third-order valence-corrected chi connectivity index (χ3v) is 5.20. The Morgan fingerprint density at radius 3 is 2.67 bits per heavy atom. The summed E-state index contributed by atoms with van der Waals surface area (Å²) in [6, 6.07) is 20.3. The Labute approximate surface area is 173 Å². The number of imidazole rings is 1. The number of hydrogen-bond donors (Lipinski definition) is 3. The molecule has 0 spiro atoms. The highest BCUT2D eigenvalue weighted by Gasteiger charge is 2.11. The molecule has 0 unspecified atom stereocenters. The Balaban J connectivity index is 1.79. The first-order valence-corrected chi connectivity index (χ1v) is 10.9. The fourth-order valence-corrected chi connectivity index (χ4v) is 3.86. The van der Waals surface area contributed by atoms with E-state index in [0.29, 0.717) is 16.8 Å². The Morgan fingerprint density at radius 1 is 1.10 bits per heavy atom. The van der Waals surface area contributed by atoms with E-state index in [1.54, 1.807) is 30.6 Å². The third-order valence-electron chi connectivity index (χ3n) is 4.61. The van der Waals surface area contributed by atoms with Crippen LogP contribution in [0.5, 0.6) is 0 Å². The molecule has 0 aliphatic rings. The van der Waals surface area contributed by atoms with Crippen molar-refractivity contribution in [3.8, 4) is 16.8 Å². The van der Waals surface area contributed by atoms with Crippen LogP contribution in [0.3, 0.4) is 0 Å². The molecule has 1 heterocycles. The highest BCUT2D eigenvalue weighted by Crippen LogP contribution is 2.30. The Bertz CT molecular complexity index is 1380. The van der Waals surface area contributed by atoms with Crippen LogP contribution in [0, 0.1) is 0 Å². The molecule has 8 nitrogen and oxygen atoms in total. The molecular weight excluding hydrogens is 402 g/mol. The highest BCUT2D eigenvalue weighted by atomic mass is 32.2. The van der Waals surface area contributed by atoms with Gasteiger partial charge >= 0.3 is 0 Å². The van der Waals surface area contributed by atoms with E-state index < -0.39 is 10.0 Å². The first kappa shape index (κ1) is 19.5. The average molecular weight is 421 g/mol. The largest absolute Gasteiger partial charge is 0.409 e. The van der Waals surface area contributed by atoms with E-state index in [-0.39, 0.29) is 5.84 Å². The lowest BCUT2D eigenvalue weighted by atomic mass is 10.0. The van der Waals surface area contributed by atoms with Crippen LogP contribution in [0.25, 0.3) is 27.8 Å². The summed E-state index contributed by atoms with van der Waals surface area (Å²) in [5.41, 5.74) is 10.8. The molecule has 0 aliphatic carbocycles. The minimum absolute atomic E-state index is 0.0171. The molecule has 0 amide bonds. The molecule has 0 radical (unpaired) electrons. The first-order chi connectivity index (χ1) is 14.4. The van der Waals surface area contributed by atoms with Crippen LogP contribution in [0.15, 0.2) is 78.2 Å². The lowest BCUT2D eigenvalue weighted by Gasteiger charge is -2.12. The van der Waals surface area contributed by atoms with Gasteiger partial charge in [-0.05, 0) is 42.0 Å². The number of amidine groups is 1. The van der Waals surface area contributed by atoms with Gasteiger partial charge in [0.05, 0.1) is 23.0 Å². The molecule has 0 fully saturated rings. The van der Waals surface area contributed by atoms with Crippen LogP contribution in [-0.4, -0.2) is 35.3 Å². The van der Waals surface area contributed by atoms with Gasteiger partial charge < -0.3 is 10.9 Å². The number of rotatable bonds is 5. The number of nitrogens with two attached hydrogens (primary N) is 1. The zero-order chi connectivity index (χ0) is 21.3. The molecule has 0 bridgehead atoms. The van der Waals surface area contributed by atoms with E-state index in [0.717, 1.165) is 28.6 Å². The molecule has 0 atom stereocenters. The summed E-state index contributed by atoms with van der Waals surface area (Å²) in [4.78, 5) is 4.42.